The minimum atomic E-state index is -0.415. The summed E-state index contributed by atoms with van der Waals surface area (Å²) in [6.07, 6.45) is 4.52. The van der Waals surface area contributed by atoms with Gasteiger partial charge in [-0.1, -0.05) is 0 Å². The third kappa shape index (κ3) is 3.44. The fraction of sp³-hybridized carbons (Fsp3) is 0.583. The quantitative estimate of drug-likeness (QED) is 0.645. The van der Waals surface area contributed by atoms with Crippen molar-refractivity contribution >= 4 is 27.3 Å². The summed E-state index contributed by atoms with van der Waals surface area (Å²) in [5.41, 5.74) is 0.583. The number of nitro groups is 1. The van der Waals surface area contributed by atoms with E-state index in [0.717, 1.165) is 12.8 Å². The number of hydrogen-bond acceptors (Lipinski definition) is 6. The van der Waals surface area contributed by atoms with Crippen molar-refractivity contribution in [1.29, 1.82) is 0 Å². The highest BCUT2D eigenvalue weighted by molar-refractivity contribution is 9.10. The van der Waals surface area contributed by atoms with Gasteiger partial charge in [-0.05, 0) is 28.8 Å². The number of pyridine rings is 1. The largest absolute Gasteiger partial charge is 0.394 e. The highest BCUT2D eigenvalue weighted by Gasteiger charge is 2.27. The number of rotatable bonds is 5. The van der Waals surface area contributed by atoms with Gasteiger partial charge < -0.3 is 14.7 Å². The van der Waals surface area contributed by atoms with Gasteiger partial charge in [0.05, 0.1) is 28.7 Å². The third-order valence-corrected chi connectivity index (χ3v) is 3.83. The van der Waals surface area contributed by atoms with Gasteiger partial charge >= 0.3 is 5.69 Å². The Kier molecular flexibility index (Phi) is 5.27. The summed E-state index contributed by atoms with van der Waals surface area (Å²) in [6, 6.07) is 0. The molecule has 0 atom stereocenters. The Labute approximate surface area is 124 Å². The van der Waals surface area contributed by atoms with Crippen LogP contribution in [0.1, 0.15) is 12.8 Å². The lowest BCUT2D eigenvalue weighted by molar-refractivity contribution is -0.384. The minimum absolute atomic E-state index is 0.00843. The number of ether oxygens (including phenoxy) is 1. The predicted octanol–water partition coefficient (Wildman–Crippen LogP) is 1.73. The number of aliphatic hydroxyl groups is 1. The van der Waals surface area contributed by atoms with Crippen molar-refractivity contribution in [3.05, 3.63) is 27.0 Å². The molecule has 1 saturated heterocycles. The first-order valence-corrected chi connectivity index (χ1v) is 7.18. The van der Waals surface area contributed by atoms with E-state index >= 15 is 0 Å². The van der Waals surface area contributed by atoms with E-state index in [-0.39, 0.29) is 18.4 Å². The van der Waals surface area contributed by atoms with E-state index in [9.17, 15) is 10.1 Å². The van der Waals surface area contributed by atoms with Crippen LogP contribution >= 0.6 is 15.9 Å². The molecule has 0 aromatic carbocycles. The zero-order valence-corrected chi connectivity index (χ0v) is 12.5. The number of halogens is 1. The van der Waals surface area contributed by atoms with E-state index in [2.05, 4.69) is 20.9 Å². The molecule has 0 unspecified atom stereocenters. The Hall–Kier alpha value is -1.25. The van der Waals surface area contributed by atoms with Gasteiger partial charge in [0.1, 0.15) is 11.9 Å². The Morgan fingerprint density at radius 1 is 1.50 bits per heavy atom. The summed E-state index contributed by atoms with van der Waals surface area (Å²) < 4.78 is 6.12. The first kappa shape index (κ1) is 15.1. The van der Waals surface area contributed by atoms with Crippen molar-refractivity contribution in [2.75, 3.05) is 31.2 Å². The molecule has 110 valence electrons. The van der Waals surface area contributed by atoms with Crippen molar-refractivity contribution in [2.45, 2.75) is 18.9 Å². The summed E-state index contributed by atoms with van der Waals surface area (Å²) in [5, 5.41) is 19.8. The zero-order chi connectivity index (χ0) is 14.5. The average Bonchev–Trinajstić information content (AvgIpc) is 2.45. The molecular weight excluding hydrogens is 330 g/mol. The maximum Gasteiger partial charge on any atom is 0.311 e. The molecule has 0 radical (unpaired) electrons. The van der Waals surface area contributed by atoms with Crippen LogP contribution in [0.15, 0.2) is 16.9 Å². The Morgan fingerprint density at radius 2 is 2.20 bits per heavy atom. The van der Waals surface area contributed by atoms with Gasteiger partial charge in [-0.15, -0.1) is 0 Å². The molecule has 2 rings (SSSR count). The zero-order valence-electron chi connectivity index (χ0n) is 10.9. The lowest BCUT2D eigenvalue weighted by Crippen LogP contribution is -2.37. The number of piperidine rings is 1. The molecule has 0 amide bonds. The Balaban J connectivity index is 2.09. The van der Waals surface area contributed by atoms with E-state index < -0.39 is 4.92 Å². The van der Waals surface area contributed by atoms with E-state index in [1.807, 2.05) is 4.90 Å². The minimum Gasteiger partial charge on any atom is -0.394 e. The number of aliphatic hydroxyl groups excluding tert-OH is 1. The van der Waals surface area contributed by atoms with Crippen LogP contribution in [0, 0.1) is 10.1 Å². The van der Waals surface area contributed by atoms with Crippen LogP contribution < -0.4 is 4.90 Å². The number of nitrogens with zero attached hydrogens (tertiary/aromatic N) is 3. The van der Waals surface area contributed by atoms with Crippen molar-refractivity contribution in [3.63, 3.8) is 0 Å². The SMILES string of the molecule is O=[N+]([O-])c1cncc(Br)c1N1CCC(OCCO)CC1. The molecule has 0 spiro atoms. The first-order valence-electron chi connectivity index (χ1n) is 6.38. The highest BCUT2D eigenvalue weighted by Crippen LogP contribution is 2.36. The van der Waals surface area contributed by atoms with Crippen LogP contribution in [0.5, 0.6) is 0 Å². The van der Waals surface area contributed by atoms with Gasteiger partial charge in [-0.2, -0.15) is 0 Å². The van der Waals surface area contributed by atoms with Gasteiger partial charge in [0, 0.05) is 19.3 Å². The van der Waals surface area contributed by atoms with Gasteiger partial charge in [-0.3, -0.25) is 15.1 Å². The molecule has 1 aliphatic heterocycles. The van der Waals surface area contributed by atoms with Crippen molar-refractivity contribution in [3.8, 4) is 0 Å². The number of aromatic nitrogens is 1. The fourth-order valence-corrected chi connectivity index (χ4v) is 2.90. The van der Waals surface area contributed by atoms with Gasteiger partial charge in [0.25, 0.3) is 0 Å². The molecule has 1 fully saturated rings. The molecule has 1 aromatic heterocycles. The molecule has 1 N–H and O–H groups in total. The smallest absolute Gasteiger partial charge is 0.311 e. The predicted molar refractivity (Wildman–Crippen MR) is 76.9 cm³/mol. The molecule has 0 aliphatic carbocycles. The van der Waals surface area contributed by atoms with Crippen LogP contribution in [0.3, 0.4) is 0 Å². The lowest BCUT2D eigenvalue weighted by Gasteiger charge is -2.33. The van der Waals surface area contributed by atoms with Crippen LogP contribution in [0.25, 0.3) is 0 Å². The molecule has 7 nitrogen and oxygen atoms in total. The summed E-state index contributed by atoms with van der Waals surface area (Å²) in [4.78, 5) is 16.5. The molecule has 20 heavy (non-hydrogen) atoms. The number of hydrogen-bond donors (Lipinski definition) is 1. The standard InChI is InChI=1S/C12H16BrN3O4/c13-10-7-14-8-11(16(18)19)12(10)15-3-1-9(2-4-15)20-6-5-17/h7-9,17H,1-6H2. The molecule has 8 heteroatoms. The molecule has 1 aromatic rings. The number of anilines is 1. The summed E-state index contributed by atoms with van der Waals surface area (Å²) >= 11 is 3.34. The topological polar surface area (TPSA) is 88.7 Å². The summed E-state index contributed by atoms with van der Waals surface area (Å²) in [7, 11) is 0. The van der Waals surface area contributed by atoms with Gasteiger partial charge in [-0.25, -0.2) is 0 Å². The van der Waals surface area contributed by atoms with E-state index in [0.29, 0.717) is 29.9 Å². The second-order valence-corrected chi connectivity index (χ2v) is 5.38. The highest BCUT2D eigenvalue weighted by atomic mass is 79.9. The van der Waals surface area contributed by atoms with E-state index in [1.54, 1.807) is 6.20 Å². The Bertz CT molecular complexity index is 478. The monoisotopic (exact) mass is 345 g/mol. The van der Waals surface area contributed by atoms with Gasteiger partial charge in [0.2, 0.25) is 0 Å². The maximum atomic E-state index is 11.1. The molecule has 0 saturated carbocycles. The maximum absolute atomic E-state index is 11.1. The average molecular weight is 346 g/mol. The molecule has 1 aliphatic rings. The van der Waals surface area contributed by atoms with E-state index in [1.165, 1.54) is 6.20 Å². The van der Waals surface area contributed by atoms with Crippen molar-refractivity contribution in [1.82, 2.24) is 4.98 Å². The summed E-state index contributed by atoms with van der Waals surface area (Å²) in [5.74, 6) is 0. The Morgan fingerprint density at radius 3 is 2.80 bits per heavy atom. The second kappa shape index (κ2) is 6.96. The second-order valence-electron chi connectivity index (χ2n) is 4.53. The molecular formula is C12H16BrN3O4. The normalized spacial score (nSPS) is 16.4. The lowest BCUT2D eigenvalue weighted by atomic mass is 10.1. The van der Waals surface area contributed by atoms with E-state index in [4.69, 9.17) is 9.84 Å². The van der Waals surface area contributed by atoms with Crippen LogP contribution in [0.2, 0.25) is 0 Å². The molecule has 0 bridgehead atoms. The van der Waals surface area contributed by atoms with Crippen LogP contribution in [0.4, 0.5) is 11.4 Å². The van der Waals surface area contributed by atoms with Crippen LogP contribution in [-0.2, 0) is 4.74 Å². The summed E-state index contributed by atoms with van der Waals surface area (Å²) in [6.45, 7) is 1.71. The van der Waals surface area contributed by atoms with Crippen LogP contribution in [-0.4, -0.2) is 47.4 Å². The fourth-order valence-electron chi connectivity index (χ4n) is 2.33. The van der Waals surface area contributed by atoms with Gasteiger partial charge in [0.15, 0.2) is 0 Å². The first-order chi connectivity index (χ1) is 9.63. The van der Waals surface area contributed by atoms with Crippen molar-refractivity contribution in [2.24, 2.45) is 0 Å². The van der Waals surface area contributed by atoms with Crippen molar-refractivity contribution < 1.29 is 14.8 Å². The molecule has 2 heterocycles. The third-order valence-electron chi connectivity index (χ3n) is 3.25.